The van der Waals surface area contributed by atoms with E-state index in [1.54, 1.807) is 11.3 Å². The van der Waals surface area contributed by atoms with Crippen LogP contribution in [-0.2, 0) is 4.74 Å². The molecule has 0 saturated carbocycles. The maximum Gasteiger partial charge on any atom is 0.263 e. The van der Waals surface area contributed by atoms with E-state index in [1.807, 2.05) is 22.7 Å². The molecule has 2 saturated heterocycles. The van der Waals surface area contributed by atoms with Crippen LogP contribution in [0.1, 0.15) is 33.5 Å². The Balaban J connectivity index is 1.69. The van der Waals surface area contributed by atoms with Gasteiger partial charge in [-0.25, -0.2) is 0 Å². The normalized spacial score (nSPS) is 24.4. The smallest absolute Gasteiger partial charge is 0.263 e. The van der Waals surface area contributed by atoms with Gasteiger partial charge in [-0.1, -0.05) is 0 Å². The first kappa shape index (κ1) is 12.5. The molecule has 1 amide bonds. The number of nitrogens with zero attached hydrogens (tertiary/aromatic N) is 1. The van der Waals surface area contributed by atoms with Crippen molar-refractivity contribution < 1.29 is 9.53 Å². The molecule has 98 valence electrons. The highest BCUT2D eigenvalue weighted by molar-refractivity contribution is 7.99. The fourth-order valence-electron chi connectivity index (χ4n) is 2.37. The number of hydrogen-bond acceptors (Lipinski definition) is 4. The van der Waals surface area contributed by atoms with Gasteiger partial charge in [-0.15, -0.1) is 11.3 Å². The van der Waals surface area contributed by atoms with Gasteiger partial charge in [0, 0.05) is 36.1 Å². The van der Waals surface area contributed by atoms with Crippen molar-refractivity contribution in [2.75, 3.05) is 31.2 Å². The average molecular weight is 283 g/mol. The molecule has 1 aromatic heterocycles. The molecular formula is C13H17NO2S2. The molecule has 0 unspecified atom stereocenters. The van der Waals surface area contributed by atoms with Crippen molar-refractivity contribution in [1.29, 1.82) is 0 Å². The Hall–Kier alpha value is -0.520. The lowest BCUT2D eigenvalue weighted by atomic mass is 10.2. The number of carbonyl (C=O) groups excluding carboxylic acids is 1. The molecule has 18 heavy (non-hydrogen) atoms. The van der Waals surface area contributed by atoms with Crippen LogP contribution in [0, 0.1) is 0 Å². The van der Waals surface area contributed by atoms with Crippen LogP contribution in [0.5, 0.6) is 0 Å². The minimum absolute atomic E-state index is 0.199. The van der Waals surface area contributed by atoms with Crippen molar-refractivity contribution in [1.82, 2.24) is 4.90 Å². The minimum atomic E-state index is 0.199. The number of hydrogen-bond donors (Lipinski definition) is 0. The van der Waals surface area contributed by atoms with Crippen molar-refractivity contribution in [3.8, 4) is 0 Å². The van der Waals surface area contributed by atoms with Gasteiger partial charge in [-0.2, -0.15) is 11.8 Å². The van der Waals surface area contributed by atoms with Crippen molar-refractivity contribution >= 4 is 29.0 Å². The van der Waals surface area contributed by atoms with E-state index in [0.717, 1.165) is 48.9 Å². The van der Waals surface area contributed by atoms with Crippen LogP contribution >= 0.6 is 23.1 Å². The lowest BCUT2D eigenvalue weighted by Gasteiger charge is -2.25. The van der Waals surface area contributed by atoms with Gasteiger partial charge in [0.25, 0.3) is 5.91 Å². The van der Waals surface area contributed by atoms with Crippen molar-refractivity contribution in [2.24, 2.45) is 0 Å². The van der Waals surface area contributed by atoms with Crippen LogP contribution in [0.3, 0.4) is 0 Å². The number of thioether (sulfide) groups is 1. The van der Waals surface area contributed by atoms with Crippen molar-refractivity contribution in [3.05, 3.63) is 21.9 Å². The zero-order chi connectivity index (χ0) is 12.4. The monoisotopic (exact) mass is 283 g/mol. The van der Waals surface area contributed by atoms with E-state index in [-0.39, 0.29) is 12.0 Å². The third-order valence-corrected chi connectivity index (χ3v) is 5.49. The summed E-state index contributed by atoms with van der Waals surface area (Å²) >= 11 is 3.54. The maximum atomic E-state index is 12.3. The molecule has 3 nitrogen and oxygen atoms in total. The summed E-state index contributed by atoms with van der Waals surface area (Å²) in [5.74, 6) is 2.33. The molecule has 0 spiro atoms. The molecular weight excluding hydrogens is 266 g/mol. The van der Waals surface area contributed by atoms with Gasteiger partial charge in [0.1, 0.15) is 0 Å². The SMILES string of the molecule is O=C(c1ccc([C@H]2CCCO2)s1)N1CCSCC1. The summed E-state index contributed by atoms with van der Waals surface area (Å²) in [6.45, 7) is 2.63. The predicted octanol–water partition coefficient (Wildman–Crippen LogP) is 2.79. The zero-order valence-electron chi connectivity index (χ0n) is 10.3. The van der Waals surface area contributed by atoms with Crippen LogP contribution in [0.4, 0.5) is 0 Å². The number of ether oxygens (including phenoxy) is 1. The van der Waals surface area contributed by atoms with Crippen LogP contribution in [0.25, 0.3) is 0 Å². The summed E-state index contributed by atoms with van der Waals surface area (Å²) in [7, 11) is 0. The van der Waals surface area contributed by atoms with Crippen molar-refractivity contribution in [2.45, 2.75) is 18.9 Å². The van der Waals surface area contributed by atoms with Crippen LogP contribution in [-0.4, -0.2) is 42.0 Å². The molecule has 1 aromatic rings. The number of amides is 1. The van der Waals surface area contributed by atoms with E-state index in [1.165, 1.54) is 4.88 Å². The highest BCUT2D eigenvalue weighted by atomic mass is 32.2. The fourth-order valence-corrected chi connectivity index (χ4v) is 4.33. The third kappa shape index (κ3) is 2.58. The number of thiophene rings is 1. The maximum absolute atomic E-state index is 12.3. The second-order valence-electron chi connectivity index (χ2n) is 4.61. The molecule has 3 heterocycles. The van der Waals surface area contributed by atoms with Crippen LogP contribution in [0.2, 0.25) is 0 Å². The Kier molecular flexibility index (Phi) is 3.91. The largest absolute Gasteiger partial charge is 0.373 e. The lowest BCUT2D eigenvalue weighted by molar-refractivity contribution is 0.0777. The molecule has 3 rings (SSSR count). The summed E-state index contributed by atoms with van der Waals surface area (Å²) in [6.07, 6.45) is 2.46. The summed E-state index contributed by atoms with van der Waals surface area (Å²) in [5.41, 5.74) is 0. The van der Waals surface area contributed by atoms with Crippen LogP contribution in [0.15, 0.2) is 12.1 Å². The second kappa shape index (κ2) is 5.63. The molecule has 0 aromatic carbocycles. The highest BCUT2D eigenvalue weighted by Gasteiger charge is 2.23. The topological polar surface area (TPSA) is 29.5 Å². The Morgan fingerprint density at radius 1 is 1.33 bits per heavy atom. The Morgan fingerprint density at radius 2 is 2.17 bits per heavy atom. The molecule has 2 fully saturated rings. The summed E-state index contributed by atoms with van der Waals surface area (Å²) in [6, 6.07) is 4.03. The Bertz CT molecular complexity index is 420. The van der Waals surface area contributed by atoms with Gasteiger partial charge in [-0.3, -0.25) is 4.79 Å². The van der Waals surface area contributed by atoms with Gasteiger partial charge in [0.15, 0.2) is 0 Å². The first-order valence-electron chi connectivity index (χ1n) is 6.43. The van der Waals surface area contributed by atoms with E-state index in [0.29, 0.717) is 0 Å². The Labute approximate surface area is 116 Å². The van der Waals surface area contributed by atoms with Gasteiger partial charge < -0.3 is 9.64 Å². The predicted molar refractivity (Wildman–Crippen MR) is 75.5 cm³/mol. The molecule has 5 heteroatoms. The fraction of sp³-hybridized carbons (Fsp3) is 0.615. The first-order chi connectivity index (χ1) is 8.84. The van der Waals surface area contributed by atoms with Crippen molar-refractivity contribution in [3.63, 3.8) is 0 Å². The van der Waals surface area contributed by atoms with Gasteiger partial charge >= 0.3 is 0 Å². The molecule has 2 aliphatic heterocycles. The number of rotatable bonds is 2. The van der Waals surface area contributed by atoms with Gasteiger partial charge in [0.05, 0.1) is 11.0 Å². The molecule has 0 bridgehead atoms. The highest BCUT2D eigenvalue weighted by Crippen LogP contribution is 2.33. The van der Waals surface area contributed by atoms with E-state index in [2.05, 4.69) is 6.07 Å². The summed E-state index contributed by atoms with van der Waals surface area (Å²) < 4.78 is 5.66. The average Bonchev–Trinajstić information content (AvgIpc) is 3.09. The van der Waals surface area contributed by atoms with Gasteiger partial charge in [0.2, 0.25) is 0 Å². The number of carbonyl (C=O) groups is 1. The summed E-state index contributed by atoms with van der Waals surface area (Å²) in [5, 5.41) is 0. The Morgan fingerprint density at radius 3 is 2.89 bits per heavy atom. The first-order valence-corrected chi connectivity index (χ1v) is 8.40. The quantitative estimate of drug-likeness (QED) is 0.836. The van der Waals surface area contributed by atoms with E-state index in [4.69, 9.17) is 4.74 Å². The molecule has 1 atom stereocenters. The minimum Gasteiger partial charge on any atom is -0.373 e. The van der Waals surface area contributed by atoms with Gasteiger partial charge in [-0.05, 0) is 25.0 Å². The van der Waals surface area contributed by atoms with E-state index < -0.39 is 0 Å². The molecule has 2 aliphatic rings. The molecule has 0 aliphatic carbocycles. The lowest BCUT2D eigenvalue weighted by Crippen LogP contribution is -2.37. The molecule has 0 N–H and O–H groups in total. The third-order valence-electron chi connectivity index (χ3n) is 3.38. The second-order valence-corrected chi connectivity index (χ2v) is 6.95. The van der Waals surface area contributed by atoms with Crippen LogP contribution < -0.4 is 0 Å². The molecule has 0 radical (unpaired) electrons. The summed E-state index contributed by atoms with van der Waals surface area (Å²) in [4.78, 5) is 16.4. The zero-order valence-corrected chi connectivity index (χ0v) is 11.9. The standard InChI is InChI=1S/C13H17NO2S2/c15-13(14-5-8-17-9-6-14)12-4-3-11(18-12)10-2-1-7-16-10/h3-4,10H,1-2,5-9H2/t10-/m1/s1. The van der Waals surface area contributed by atoms with E-state index in [9.17, 15) is 4.79 Å². The van der Waals surface area contributed by atoms with E-state index >= 15 is 0 Å².